The minimum Gasteiger partial charge on any atom is -0.478 e. The molecule has 0 spiro atoms. The van der Waals surface area contributed by atoms with Crippen molar-refractivity contribution in [3.8, 4) is 11.5 Å². The van der Waals surface area contributed by atoms with Crippen LogP contribution in [0.4, 0.5) is 10.1 Å². The van der Waals surface area contributed by atoms with Gasteiger partial charge >= 0.3 is 5.97 Å². The van der Waals surface area contributed by atoms with Crippen LogP contribution in [0.3, 0.4) is 0 Å². The highest BCUT2D eigenvalue weighted by molar-refractivity contribution is 14.1. The first-order valence-electron chi connectivity index (χ1n) is 5.23. The summed E-state index contributed by atoms with van der Waals surface area (Å²) >= 11 is 2.04. The van der Waals surface area contributed by atoms with Gasteiger partial charge in [-0.3, -0.25) is 0 Å². The number of benzene rings is 2. The summed E-state index contributed by atoms with van der Waals surface area (Å²) in [4.78, 5) is 10.9. The Bertz CT molecular complexity index is 646. The maximum absolute atomic E-state index is 13.7. The summed E-state index contributed by atoms with van der Waals surface area (Å²) in [6.45, 7) is 0. The summed E-state index contributed by atoms with van der Waals surface area (Å²) in [7, 11) is 0. The van der Waals surface area contributed by atoms with Crippen LogP contribution in [0, 0.1) is 9.39 Å². The quantitative estimate of drug-likeness (QED) is 0.638. The highest BCUT2D eigenvalue weighted by atomic mass is 127. The van der Waals surface area contributed by atoms with Crippen LogP contribution in [-0.2, 0) is 0 Å². The van der Waals surface area contributed by atoms with E-state index in [1.54, 1.807) is 18.2 Å². The normalized spacial score (nSPS) is 10.2. The number of carboxylic acids is 1. The maximum Gasteiger partial charge on any atom is 0.337 e. The first-order chi connectivity index (χ1) is 8.99. The second-order valence-electron chi connectivity index (χ2n) is 3.71. The molecule has 4 nitrogen and oxygen atoms in total. The Labute approximate surface area is 122 Å². The van der Waals surface area contributed by atoms with Gasteiger partial charge < -0.3 is 15.6 Å². The van der Waals surface area contributed by atoms with E-state index in [2.05, 4.69) is 0 Å². The van der Waals surface area contributed by atoms with Crippen molar-refractivity contribution in [2.45, 2.75) is 0 Å². The van der Waals surface area contributed by atoms with E-state index in [0.29, 0.717) is 5.75 Å². The second-order valence-corrected chi connectivity index (χ2v) is 4.87. The summed E-state index contributed by atoms with van der Waals surface area (Å²) in [5.74, 6) is -1.66. The zero-order valence-electron chi connectivity index (χ0n) is 9.56. The van der Waals surface area contributed by atoms with Crippen LogP contribution in [-0.4, -0.2) is 11.1 Å². The number of hydrogen-bond acceptors (Lipinski definition) is 3. The molecule has 0 radical (unpaired) electrons. The monoisotopic (exact) mass is 373 g/mol. The lowest BCUT2D eigenvalue weighted by Gasteiger charge is -2.10. The third-order valence-electron chi connectivity index (χ3n) is 2.39. The predicted octanol–water partition coefficient (Wildman–Crippen LogP) is 3.50. The average molecular weight is 373 g/mol. The zero-order chi connectivity index (χ0) is 14.0. The molecular formula is C13H9FINO3. The van der Waals surface area contributed by atoms with E-state index in [-0.39, 0.29) is 17.0 Å². The number of carbonyl (C=O) groups is 1. The van der Waals surface area contributed by atoms with E-state index in [0.717, 1.165) is 15.7 Å². The van der Waals surface area contributed by atoms with Gasteiger partial charge in [-0.15, -0.1) is 0 Å². The SMILES string of the molecule is Nc1cc(F)c(Oc2ccccc2I)cc1C(=O)O. The molecule has 0 saturated heterocycles. The van der Waals surface area contributed by atoms with E-state index >= 15 is 0 Å². The number of para-hydroxylation sites is 1. The molecule has 0 aliphatic heterocycles. The molecule has 2 rings (SSSR count). The number of rotatable bonds is 3. The van der Waals surface area contributed by atoms with E-state index in [1.807, 2.05) is 28.7 Å². The second kappa shape index (κ2) is 5.43. The standard InChI is InChI=1S/C13H9FINO3/c14-8-6-10(16)7(13(17)18)5-12(8)19-11-4-2-1-3-9(11)15/h1-6H,16H2,(H,17,18). The predicted molar refractivity (Wildman–Crippen MR) is 77.0 cm³/mol. The molecule has 98 valence electrons. The molecule has 0 amide bonds. The van der Waals surface area contributed by atoms with Crippen molar-refractivity contribution >= 4 is 34.2 Å². The summed E-state index contributed by atoms with van der Waals surface area (Å²) < 4.78 is 19.9. The van der Waals surface area contributed by atoms with E-state index in [1.165, 1.54) is 0 Å². The number of nitrogens with two attached hydrogens (primary N) is 1. The van der Waals surface area contributed by atoms with Crippen LogP contribution in [0.15, 0.2) is 36.4 Å². The molecular weight excluding hydrogens is 364 g/mol. The van der Waals surface area contributed by atoms with Crippen molar-refractivity contribution in [2.75, 3.05) is 5.73 Å². The number of nitrogen functional groups attached to an aromatic ring is 1. The number of carboxylic acid groups (broad SMARTS) is 1. The van der Waals surface area contributed by atoms with Gasteiger partial charge in [-0.05, 0) is 34.7 Å². The fourth-order valence-corrected chi connectivity index (χ4v) is 1.98. The third kappa shape index (κ3) is 2.95. The van der Waals surface area contributed by atoms with Gasteiger partial charge in [-0.1, -0.05) is 12.1 Å². The summed E-state index contributed by atoms with van der Waals surface area (Å²) in [6.07, 6.45) is 0. The molecule has 0 aliphatic rings. The van der Waals surface area contributed by atoms with Crippen molar-refractivity contribution < 1.29 is 19.0 Å². The number of ether oxygens (including phenoxy) is 1. The highest BCUT2D eigenvalue weighted by Gasteiger charge is 2.15. The van der Waals surface area contributed by atoms with E-state index in [4.69, 9.17) is 15.6 Å². The van der Waals surface area contributed by atoms with Crippen LogP contribution >= 0.6 is 22.6 Å². The van der Waals surface area contributed by atoms with Crippen LogP contribution in [0.1, 0.15) is 10.4 Å². The number of aromatic carboxylic acids is 1. The zero-order valence-corrected chi connectivity index (χ0v) is 11.7. The van der Waals surface area contributed by atoms with Crippen molar-refractivity contribution in [1.29, 1.82) is 0 Å². The molecule has 0 heterocycles. The highest BCUT2D eigenvalue weighted by Crippen LogP contribution is 2.31. The number of hydrogen-bond donors (Lipinski definition) is 2. The maximum atomic E-state index is 13.7. The van der Waals surface area contributed by atoms with Gasteiger partial charge in [-0.25, -0.2) is 9.18 Å². The van der Waals surface area contributed by atoms with Gasteiger partial charge in [0.1, 0.15) is 5.75 Å². The summed E-state index contributed by atoms with van der Waals surface area (Å²) in [5, 5.41) is 8.94. The molecule has 0 aliphatic carbocycles. The minimum absolute atomic E-state index is 0.139. The van der Waals surface area contributed by atoms with Crippen molar-refractivity contribution in [1.82, 2.24) is 0 Å². The fourth-order valence-electron chi connectivity index (χ4n) is 1.48. The van der Waals surface area contributed by atoms with Crippen molar-refractivity contribution in [3.05, 3.63) is 51.3 Å². The lowest BCUT2D eigenvalue weighted by molar-refractivity contribution is 0.0697. The third-order valence-corrected chi connectivity index (χ3v) is 3.28. The Morgan fingerprint density at radius 2 is 1.95 bits per heavy atom. The number of halogens is 2. The van der Waals surface area contributed by atoms with Crippen LogP contribution in [0.5, 0.6) is 11.5 Å². The summed E-state index contributed by atoms with van der Waals surface area (Å²) in [6, 6.07) is 9.04. The van der Waals surface area contributed by atoms with Crippen LogP contribution in [0.25, 0.3) is 0 Å². The molecule has 6 heteroatoms. The number of anilines is 1. The fraction of sp³-hybridized carbons (Fsp3) is 0. The Morgan fingerprint density at radius 1 is 1.26 bits per heavy atom. The summed E-state index contributed by atoms with van der Waals surface area (Å²) in [5.41, 5.74) is 5.11. The first-order valence-corrected chi connectivity index (χ1v) is 6.31. The average Bonchev–Trinajstić information content (AvgIpc) is 2.34. The molecule has 2 aromatic carbocycles. The van der Waals surface area contributed by atoms with Gasteiger partial charge in [0.2, 0.25) is 0 Å². The smallest absolute Gasteiger partial charge is 0.337 e. The van der Waals surface area contributed by atoms with Gasteiger partial charge in [0, 0.05) is 17.8 Å². The first kappa shape index (κ1) is 13.6. The Kier molecular flexibility index (Phi) is 3.89. The molecule has 0 bridgehead atoms. The van der Waals surface area contributed by atoms with Gasteiger partial charge in [0.05, 0.1) is 9.13 Å². The Morgan fingerprint density at radius 3 is 2.58 bits per heavy atom. The molecule has 0 atom stereocenters. The Balaban J connectivity index is 2.43. The largest absolute Gasteiger partial charge is 0.478 e. The van der Waals surface area contributed by atoms with Crippen LogP contribution in [0.2, 0.25) is 0 Å². The van der Waals surface area contributed by atoms with Gasteiger partial charge in [0.25, 0.3) is 0 Å². The molecule has 3 N–H and O–H groups in total. The molecule has 2 aromatic rings. The molecule has 19 heavy (non-hydrogen) atoms. The minimum atomic E-state index is -1.23. The van der Waals surface area contributed by atoms with Gasteiger partial charge in [0.15, 0.2) is 11.6 Å². The molecule has 0 aromatic heterocycles. The van der Waals surface area contributed by atoms with E-state index in [9.17, 15) is 9.18 Å². The van der Waals surface area contributed by atoms with Crippen molar-refractivity contribution in [3.63, 3.8) is 0 Å². The lowest BCUT2D eigenvalue weighted by atomic mass is 10.1. The van der Waals surface area contributed by atoms with Gasteiger partial charge in [-0.2, -0.15) is 0 Å². The molecule has 0 unspecified atom stereocenters. The molecule has 0 fully saturated rings. The molecule has 0 saturated carbocycles. The van der Waals surface area contributed by atoms with Crippen molar-refractivity contribution in [2.24, 2.45) is 0 Å². The van der Waals surface area contributed by atoms with Crippen LogP contribution < -0.4 is 10.5 Å². The topological polar surface area (TPSA) is 72.5 Å². The Hall–Kier alpha value is -1.83. The van der Waals surface area contributed by atoms with E-state index < -0.39 is 11.8 Å². The lowest BCUT2D eigenvalue weighted by Crippen LogP contribution is -2.04.